The molecule has 120 valence electrons. The molecule has 1 atom stereocenters. The first-order chi connectivity index (χ1) is 10.4. The lowest BCUT2D eigenvalue weighted by Crippen LogP contribution is -2.44. The fraction of sp³-hybridized carbons (Fsp3) is 0.562. The maximum Gasteiger partial charge on any atom is 0.393 e. The Hall–Kier alpha value is -1.72. The first-order valence-electron chi connectivity index (χ1n) is 7.61. The average molecular weight is 312 g/mol. The molecule has 0 spiro atoms. The second-order valence-corrected chi connectivity index (χ2v) is 6.25. The second kappa shape index (κ2) is 5.48. The first kappa shape index (κ1) is 15.2. The maximum absolute atomic E-state index is 12.9. The molecule has 1 amide bonds. The van der Waals surface area contributed by atoms with Crippen molar-refractivity contribution in [1.82, 2.24) is 4.90 Å². The molecule has 22 heavy (non-hydrogen) atoms. The highest BCUT2D eigenvalue weighted by Gasteiger charge is 2.43. The molecule has 0 radical (unpaired) electrons. The van der Waals surface area contributed by atoms with Crippen molar-refractivity contribution < 1.29 is 18.0 Å². The smallest absolute Gasteiger partial charge is 0.393 e. The molecule has 1 saturated heterocycles. The molecule has 1 aromatic carbocycles. The van der Waals surface area contributed by atoms with E-state index in [1.807, 2.05) is 0 Å². The lowest BCUT2D eigenvalue weighted by molar-refractivity contribution is -0.184. The van der Waals surface area contributed by atoms with Gasteiger partial charge in [-0.3, -0.25) is 4.79 Å². The number of nitrogens with two attached hydrogens (primary N) is 1. The number of halogens is 3. The van der Waals surface area contributed by atoms with Crippen LogP contribution in [0.5, 0.6) is 0 Å². The third-order valence-electron chi connectivity index (χ3n) is 4.49. The van der Waals surface area contributed by atoms with Crippen molar-refractivity contribution >= 4 is 11.6 Å². The highest BCUT2D eigenvalue weighted by molar-refractivity contribution is 5.96. The molecule has 1 heterocycles. The number of hydrogen-bond donors (Lipinski definition) is 1. The number of piperidine rings is 1. The molecule has 0 bridgehead atoms. The van der Waals surface area contributed by atoms with Crippen LogP contribution in [0.4, 0.5) is 18.9 Å². The topological polar surface area (TPSA) is 46.3 Å². The number of nitrogens with zero attached hydrogens (tertiary/aromatic N) is 1. The molecule has 1 aliphatic heterocycles. The lowest BCUT2D eigenvalue weighted by atomic mass is 9.95. The molecule has 2 N–H and O–H groups in total. The number of carbonyl (C=O) groups is 1. The van der Waals surface area contributed by atoms with Crippen LogP contribution in [-0.2, 0) is 0 Å². The summed E-state index contributed by atoms with van der Waals surface area (Å²) in [5.41, 5.74) is 7.77. The summed E-state index contributed by atoms with van der Waals surface area (Å²) in [5.74, 6) is -1.38. The van der Waals surface area contributed by atoms with E-state index in [1.54, 1.807) is 18.2 Å². The second-order valence-electron chi connectivity index (χ2n) is 6.25. The van der Waals surface area contributed by atoms with Crippen molar-refractivity contribution in [1.29, 1.82) is 0 Å². The van der Waals surface area contributed by atoms with Gasteiger partial charge in [0.2, 0.25) is 0 Å². The third-order valence-corrected chi connectivity index (χ3v) is 4.49. The van der Waals surface area contributed by atoms with Crippen molar-refractivity contribution in [3.63, 3.8) is 0 Å². The van der Waals surface area contributed by atoms with E-state index >= 15 is 0 Å². The molecule has 2 aliphatic rings. The first-order valence-corrected chi connectivity index (χ1v) is 7.61. The van der Waals surface area contributed by atoms with Gasteiger partial charge in [-0.2, -0.15) is 13.2 Å². The summed E-state index contributed by atoms with van der Waals surface area (Å²) in [6.07, 6.45) is -1.72. The molecule has 3 rings (SSSR count). The van der Waals surface area contributed by atoms with Crippen LogP contribution in [0.3, 0.4) is 0 Å². The third kappa shape index (κ3) is 3.05. The molecule has 6 heteroatoms. The number of benzene rings is 1. The summed E-state index contributed by atoms with van der Waals surface area (Å²) in [6, 6.07) is 5.09. The van der Waals surface area contributed by atoms with Crippen LogP contribution in [0.15, 0.2) is 18.2 Å². The van der Waals surface area contributed by atoms with Crippen LogP contribution >= 0.6 is 0 Å². The molecule has 1 aromatic rings. The zero-order valence-electron chi connectivity index (χ0n) is 12.2. The summed E-state index contributed by atoms with van der Waals surface area (Å²) in [4.78, 5) is 14.0. The van der Waals surface area contributed by atoms with E-state index in [-0.39, 0.29) is 18.9 Å². The number of alkyl halides is 3. The minimum atomic E-state index is -4.24. The van der Waals surface area contributed by atoms with Gasteiger partial charge in [-0.1, -0.05) is 0 Å². The molecule has 3 nitrogen and oxygen atoms in total. The van der Waals surface area contributed by atoms with Gasteiger partial charge in [0.1, 0.15) is 0 Å². The van der Waals surface area contributed by atoms with Crippen LogP contribution < -0.4 is 5.73 Å². The van der Waals surface area contributed by atoms with Gasteiger partial charge in [-0.05, 0) is 55.4 Å². The van der Waals surface area contributed by atoms with E-state index in [4.69, 9.17) is 5.73 Å². The highest BCUT2D eigenvalue weighted by Crippen LogP contribution is 2.43. The van der Waals surface area contributed by atoms with Gasteiger partial charge in [0.05, 0.1) is 5.92 Å². The zero-order valence-corrected chi connectivity index (χ0v) is 12.2. The standard InChI is InChI=1S/C16H19F3N2O/c17-16(18,19)11-2-1-7-21(9-11)15(22)13-6-5-12(20)8-14(13)10-3-4-10/h5-6,8,10-11H,1-4,7,9,20H2. The van der Waals surface area contributed by atoms with Crippen LogP contribution in [0, 0.1) is 5.92 Å². The Kier molecular flexibility index (Phi) is 3.78. The number of amides is 1. The minimum Gasteiger partial charge on any atom is -0.399 e. The van der Waals surface area contributed by atoms with E-state index in [2.05, 4.69) is 0 Å². The quantitative estimate of drug-likeness (QED) is 0.849. The molecular weight excluding hydrogens is 293 g/mol. The molecule has 0 aromatic heterocycles. The lowest BCUT2D eigenvalue weighted by Gasteiger charge is -2.34. The molecular formula is C16H19F3N2O. The van der Waals surface area contributed by atoms with Gasteiger partial charge >= 0.3 is 6.18 Å². The van der Waals surface area contributed by atoms with Crippen molar-refractivity contribution in [2.24, 2.45) is 5.92 Å². The number of nitrogen functional groups attached to an aromatic ring is 1. The van der Waals surface area contributed by atoms with Crippen LogP contribution in [0.25, 0.3) is 0 Å². The summed E-state index contributed by atoms with van der Waals surface area (Å²) in [5, 5.41) is 0. The summed E-state index contributed by atoms with van der Waals surface area (Å²) in [7, 11) is 0. The number of rotatable bonds is 2. The van der Waals surface area contributed by atoms with E-state index in [0.29, 0.717) is 30.1 Å². The Labute approximate surface area is 127 Å². The number of anilines is 1. The van der Waals surface area contributed by atoms with E-state index in [1.165, 1.54) is 4.90 Å². The number of likely N-dealkylation sites (tertiary alicyclic amines) is 1. The van der Waals surface area contributed by atoms with Gasteiger partial charge in [-0.15, -0.1) is 0 Å². The minimum absolute atomic E-state index is 0.102. The Bertz CT molecular complexity index is 581. The molecule has 1 unspecified atom stereocenters. The van der Waals surface area contributed by atoms with Gasteiger partial charge < -0.3 is 10.6 Å². The number of hydrogen-bond acceptors (Lipinski definition) is 2. The normalized spacial score (nSPS) is 22.7. The monoisotopic (exact) mass is 312 g/mol. The number of carbonyl (C=O) groups excluding carboxylic acids is 1. The van der Waals surface area contributed by atoms with Crippen molar-refractivity contribution in [2.45, 2.75) is 37.8 Å². The largest absolute Gasteiger partial charge is 0.399 e. The predicted molar refractivity (Wildman–Crippen MR) is 77.5 cm³/mol. The summed E-state index contributed by atoms with van der Waals surface area (Å²) >= 11 is 0. The van der Waals surface area contributed by atoms with Gasteiger partial charge in [0.25, 0.3) is 5.91 Å². The predicted octanol–water partition coefficient (Wildman–Crippen LogP) is 3.56. The molecule has 1 aliphatic carbocycles. The van der Waals surface area contributed by atoms with E-state index < -0.39 is 12.1 Å². The van der Waals surface area contributed by atoms with Gasteiger partial charge in [-0.25, -0.2) is 0 Å². The fourth-order valence-electron chi connectivity index (χ4n) is 3.11. The van der Waals surface area contributed by atoms with Crippen LogP contribution in [0.1, 0.15) is 47.5 Å². The SMILES string of the molecule is Nc1ccc(C(=O)N2CCCC(C(F)(F)F)C2)c(C2CC2)c1. The Morgan fingerprint density at radius 1 is 1.23 bits per heavy atom. The van der Waals surface area contributed by atoms with Crippen molar-refractivity contribution in [3.05, 3.63) is 29.3 Å². The molecule has 1 saturated carbocycles. The fourth-order valence-corrected chi connectivity index (χ4v) is 3.11. The van der Waals surface area contributed by atoms with Gasteiger partial charge in [0, 0.05) is 24.3 Å². The Morgan fingerprint density at radius 3 is 2.59 bits per heavy atom. The van der Waals surface area contributed by atoms with Crippen LogP contribution in [0.2, 0.25) is 0 Å². The summed E-state index contributed by atoms with van der Waals surface area (Å²) in [6.45, 7) is 0.150. The Morgan fingerprint density at radius 2 is 1.95 bits per heavy atom. The van der Waals surface area contributed by atoms with E-state index in [0.717, 1.165) is 18.4 Å². The van der Waals surface area contributed by atoms with E-state index in [9.17, 15) is 18.0 Å². The molecule has 2 fully saturated rings. The van der Waals surface area contributed by atoms with Gasteiger partial charge in [0.15, 0.2) is 0 Å². The maximum atomic E-state index is 12.9. The Balaban J connectivity index is 1.82. The summed E-state index contributed by atoms with van der Waals surface area (Å²) < 4.78 is 38.7. The van der Waals surface area contributed by atoms with Crippen molar-refractivity contribution in [2.75, 3.05) is 18.8 Å². The average Bonchev–Trinajstić information content (AvgIpc) is 3.30. The van der Waals surface area contributed by atoms with Crippen LogP contribution in [-0.4, -0.2) is 30.1 Å². The zero-order chi connectivity index (χ0) is 15.9. The highest BCUT2D eigenvalue weighted by atomic mass is 19.4. The van der Waals surface area contributed by atoms with Crippen molar-refractivity contribution in [3.8, 4) is 0 Å².